The topological polar surface area (TPSA) is 49.3 Å². The normalized spacial score (nSPS) is 37.7. The minimum atomic E-state index is -0.748. The Kier molecular flexibility index (Phi) is 2.65. The summed E-state index contributed by atoms with van der Waals surface area (Å²) in [4.78, 5) is 10.9. The van der Waals surface area contributed by atoms with Crippen molar-refractivity contribution in [3.05, 3.63) is 0 Å². The molecule has 0 aromatic carbocycles. The monoisotopic (exact) mass is 203 g/mol. The molecule has 2 N–H and O–H groups in total. The van der Waals surface area contributed by atoms with Gasteiger partial charge in [-0.3, -0.25) is 10.1 Å². The highest BCUT2D eigenvalue weighted by molar-refractivity contribution is 8.02. The highest BCUT2D eigenvalue weighted by atomic mass is 32.2. The molecule has 0 amide bonds. The number of hydrogen-bond donors (Lipinski definition) is 2. The number of thioether (sulfide) groups is 1. The SMILES string of the molecule is CC[C@@]1(C)SC(C)(C)N[C@@H]1C(=O)O. The van der Waals surface area contributed by atoms with E-state index < -0.39 is 12.0 Å². The Morgan fingerprint density at radius 1 is 1.54 bits per heavy atom. The van der Waals surface area contributed by atoms with Crippen molar-refractivity contribution in [3.63, 3.8) is 0 Å². The van der Waals surface area contributed by atoms with Gasteiger partial charge in [-0.15, -0.1) is 11.8 Å². The number of carboxylic acids is 1. The summed E-state index contributed by atoms with van der Waals surface area (Å²) in [6, 6.07) is -0.433. The molecule has 1 heterocycles. The van der Waals surface area contributed by atoms with Gasteiger partial charge in [-0.05, 0) is 27.2 Å². The lowest BCUT2D eigenvalue weighted by Crippen LogP contribution is -2.47. The first-order valence-electron chi connectivity index (χ1n) is 4.51. The zero-order valence-electron chi connectivity index (χ0n) is 8.55. The van der Waals surface area contributed by atoms with Crippen LogP contribution in [0.2, 0.25) is 0 Å². The highest BCUT2D eigenvalue weighted by Gasteiger charge is 2.50. The molecule has 0 aromatic rings. The molecule has 0 saturated carbocycles. The maximum atomic E-state index is 11.0. The predicted molar refractivity (Wildman–Crippen MR) is 54.9 cm³/mol. The van der Waals surface area contributed by atoms with Crippen LogP contribution in [0.3, 0.4) is 0 Å². The number of hydrogen-bond acceptors (Lipinski definition) is 3. The summed E-state index contributed by atoms with van der Waals surface area (Å²) in [6.07, 6.45) is 0.866. The number of nitrogens with one attached hydrogen (secondary N) is 1. The molecule has 13 heavy (non-hydrogen) atoms. The van der Waals surface area contributed by atoms with E-state index in [1.807, 2.05) is 27.7 Å². The average Bonchev–Trinajstić information content (AvgIpc) is 2.22. The molecule has 0 radical (unpaired) electrons. The summed E-state index contributed by atoms with van der Waals surface area (Å²) >= 11 is 1.71. The largest absolute Gasteiger partial charge is 0.480 e. The molecule has 1 saturated heterocycles. The van der Waals surface area contributed by atoms with Crippen molar-refractivity contribution in [2.45, 2.75) is 49.8 Å². The van der Waals surface area contributed by atoms with Crippen LogP contribution >= 0.6 is 11.8 Å². The molecule has 0 bridgehead atoms. The molecule has 3 nitrogen and oxygen atoms in total. The van der Waals surface area contributed by atoms with E-state index in [0.717, 1.165) is 6.42 Å². The number of carboxylic acid groups (broad SMARTS) is 1. The third-order valence-corrected chi connectivity index (χ3v) is 4.16. The molecule has 0 aromatic heterocycles. The van der Waals surface area contributed by atoms with Crippen molar-refractivity contribution in [2.75, 3.05) is 0 Å². The minimum absolute atomic E-state index is 0.131. The van der Waals surface area contributed by atoms with Gasteiger partial charge in [0.2, 0.25) is 0 Å². The lowest BCUT2D eigenvalue weighted by atomic mass is 9.98. The highest BCUT2D eigenvalue weighted by Crippen LogP contribution is 2.46. The fourth-order valence-electron chi connectivity index (χ4n) is 1.77. The lowest BCUT2D eigenvalue weighted by Gasteiger charge is -2.25. The van der Waals surface area contributed by atoms with Gasteiger partial charge in [-0.25, -0.2) is 0 Å². The van der Waals surface area contributed by atoms with Crippen LogP contribution in [0.25, 0.3) is 0 Å². The Morgan fingerprint density at radius 2 is 2.08 bits per heavy atom. The van der Waals surface area contributed by atoms with Gasteiger partial charge >= 0.3 is 5.97 Å². The number of rotatable bonds is 2. The Bertz CT molecular complexity index is 230. The second-order valence-electron chi connectivity index (χ2n) is 4.19. The first kappa shape index (κ1) is 10.9. The van der Waals surface area contributed by atoms with Crippen LogP contribution in [0.1, 0.15) is 34.1 Å². The van der Waals surface area contributed by atoms with Gasteiger partial charge < -0.3 is 5.11 Å². The predicted octanol–water partition coefficient (Wildman–Crippen LogP) is 1.68. The van der Waals surface area contributed by atoms with E-state index >= 15 is 0 Å². The van der Waals surface area contributed by atoms with Crippen molar-refractivity contribution in [1.82, 2.24) is 5.32 Å². The van der Waals surface area contributed by atoms with Crippen LogP contribution in [0.5, 0.6) is 0 Å². The molecule has 4 heteroatoms. The van der Waals surface area contributed by atoms with Crippen LogP contribution in [-0.4, -0.2) is 26.7 Å². The number of carbonyl (C=O) groups is 1. The van der Waals surface area contributed by atoms with Crippen molar-refractivity contribution in [1.29, 1.82) is 0 Å². The van der Waals surface area contributed by atoms with E-state index in [1.165, 1.54) is 0 Å². The molecule has 1 fully saturated rings. The Hall–Kier alpha value is -0.220. The Labute approximate surface area is 83.3 Å². The van der Waals surface area contributed by atoms with E-state index in [9.17, 15) is 4.79 Å². The molecule has 1 aliphatic heterocycles. The van der Waals surface area contributed by atoms with E-state index in [1.54, 1.807) is 11.8 Å². The van der Waals surface area contributed by atoms with Gasteiger partial charge in [0.15, 0.2) is 0 Å². The van der Waals surface area contributed by atoms with Crippen molar-refractivity contribution >= 4 is 17.7 Å². The van der Waals surface area contributed by atoms with Gasteiger partial charge in [0.05, 0.1) is 4.87 Å². The van der Waals surface area contributed by atoms with Gasteiger partial charge in [-0.2, -0.15) is 0 Å². The Balaban J connectivity index is 2.90. The minimum Gasteiger partial charge on any atom is -0.480 e. The molecule has 0 unspecified atom stereocenters. The fraction of sp³-hybridized carbons (Fsp3) is 0.889. The summed E-state index contributed by atoms with van der Waals surface area (Å²) < 4.78 is -0.185. The van der Waals surface area contributed by atoms with Gasteiger partial charge in [0, 0.05) is 4.75 Å². The van der Waals surface area contributed by atoms with Gasteiger partial charge in [-0.1, -0.05) is 6.92 Å². The van der Waals surface area contributed by atoms with Crippen LogP contribution in [-0.2, 0) is 4.79 Å². The molecule has 1 rings (SSSR count). The summed E-state index contributed by atoms with van der Waals surface area (Å²) in [5, 5.41) is 12.2. The van der Waals surface area contributed by atoms with Crippen LogP contribution < -0.4 is 5.32 Å². The molecular formula is C9H17NO2S. The van der Waals surface area contributed by atoms with Gasteiger partial charge in [0.25, 0.3) is 0 Å². The summed E-state index contributed by atoms with van der Waals surface area (Å²) in [6.45, 7) is 8.09. The average molecular weight is 203 g/mol. The Morgan fingerprint density at radius 3 is 2.38 bits per heavy atom. The molecule has 2 atom stereocenters. The first-order valence-corrected chi connectivity index (χ1v) is 5.33. The van der Waals surface area contributed by atoms with Crippen LogP contribution in [0, 0.1) is 0 Å². The number of aliphatic carboxylic acids is 1. The maximum Gasteiger partial charge on any atom is 0.322 e. The zero-order valence-corrected chi connectivity index (χ0v) is 9.36. The lowest BCUT2D eigenvalue weighted by molar-refractivity contribution is -0.140. The van der Waals surface area contributed by atoms with Crippen molar-refractivity contribution < 1.29 is 9.90 Å². The second kappa shape index (κ2) is 3.17. The molecule has 1 aliphatic rings. The maximum absolute atomic E-state index is 11.0. The second-order valence-corrected chi connectivity index (χ2v) is 6.35. The summed E-state index contributed by atoms with van der Waals surface area (Å²) in [7, 11) is 0. The molecule has 0 aliphatic carbocycles. The van der Waals surface area contributed by atoms with E-state index in [4.69, 9.17) is 5.11 Å². The first-order chi connectivity index (χ1) is 5.81. The third-order valence-electron chi connectivity index (χ3n) is 2.54. The van der Waals surface area contributed by atoms with E-state index in [2.05, 4.69) is 5.32 Å². The van der Waals surface area contributed by atoms with Crippen molar-refractivity contribution in [2.24, 2.45) is 0 Å². The van der Waals surface area contributed by atoms with E-state index in [-0.39, 0.29) is 9.62 Å². The smallest absolute Gasteiger partial charge is 0.322 e. The van der Waals surface area contributed by atoms with E-state index in [0.29, 0.717) is 0 Å². The molecule has 0 spiro atoms. The summed E-state index contributed by atoms with van der Waals surface area (Å²) in [5.41, 5.74) is 0. The van der Waals surface area contributed by atoms with Crippen molar-refractivity contribution in [3.8, 4) is 0 Å². The van der Waals surface area contributed by atoms with Gasteiger partial charge in [0.1, 0.15) is 6.04 Å². The molecule has 76 valence electrons. The zero-order chi connectivity index (χ0) is 10.3. The standard InChI is InChI=1S/C9H17NO2S/c1-5-9(4)6(7(11)12)10-8(2,3)13-9/h6,10H,5H2,1-4H3,(H,11,12)/t6-,9-/m1/s1. The quantitative estimate of drug-likeness (QED) is 0.717. The van der Waals surface area contributed by atoms with Crippen LogP contribution in [0.4, 0.5) is 0 Å². The summed E-state index contributed by atoms with van der Waals surface area (Å²) in [5.74, 6) is -0.748. The third kappa shape index (κ3) is 1.99. The fourth-order valence-corrected chi connectivity index (χ4v) is 3.54. The molecular weight excluding hydrogens is 186 g/mol. The van der Waals surface area contributed by atoms with Crippen LogP contribution in [0.15, 0.2) is 0 Å².